The van der Waals surface area contributed by atoms with E-state index in [0.717, 1.165) is 28.0 Å². The number of likely N-dealkylation sites (tertiary alicyclic amines) is 1. The number of terminal acetylenes is 1. The summed E-state index contributed by atoms with van der Waals surface area (Å²) in [7, 11) is 0. The number of nitrogens with one attached hydrogen (secondary N) is 1. The Morgan fingerprint density at radius 1 is 1.30 bits per heavy atom. The van der Waals surface area contributed by atoms with Crippen molar-refractivity contribution >= 4 is 70.1 Å². The third-order valence-corrected chi connectivity index (χ3v) is 7.85. The van der Waals surface area contributed by atoms with Crippen LogP contribution in [0, 0.1) is 12.3 Å². The maximum absolute atomic E-state index is 13.0. The van der Waals surface area contributed by atoms with Crippen LogP contribution in [0.15, 0.2) is 33.5 Å². The summed E-state index contributed by atoms with van der Waals surface area (Å²) >= 11 is 2.05. The number of hydrogen-bond acceptors (Lipinski definition) is 14. The number of allylic oxidation sites excluding steroid dienone is 1. The molecule has 3 amide bonds. The molecule has 0 aromatic carbocycles. The van der Waals surface area contributed by atoms with E-state index < -0.39 is 65.5 Å². The van der Waals surface area contributed by atoms with Gasteiger partial charge in [0.1, 0.15) is 23.3 Å². The number of hydrogen-bond donors (Lipinski definition) is 2. The van der Waals surface area contributed by atoms with E-state index >= 15 is 0 Å². The molecule has 3 aliphatic rings. The van der Waals surface area contributed by atoms with Crippen LogP contribution in [0.25, 0.3) is 0 Å². The average molecular weight is 657 g/mol. The van der Waals surface area contributed by atoms with Crippen LogP contribution in [0.3, 0.4) is 0 Å². The van der Waals surface area contributed by atoms with Crippen molar-refractivity contribution in [3.05, 3.63) is 28.3 Å². The lowest BCUT2D eigenvalue weighted by molar-refractivity contribution is -0.201. The van der Waals surface area contributed by atoms with Crippen molar-refractivity contribution in [3.8, 4) is 18.2 Å². The number of nitrogen functional groups attached to an aromatic ring is 1. The highest BCUT2D eigenvalue weighted by Crippen LogP contribution is 2.42. The number of ether oxygens (including phenoxy) is 2. The number of thiazole rings is 1. The van der Waals surface area contributed by atoms with Crippen molar-refractivity contribution in [2.75, 3.05) is 31.2 Å². The van der Waals surface area contributed by atoms with Gasteiger partial charge in [-0.2, -0.15) is 18.2 Å². The zero-order valence-electron chi connectivity index (χ0n) is 22.0. The molecule has 232 valence electrons. The minimum absolute atomic E-state index is 0.00753. The number of aromatic nitrogens is 1. The van der Waals surface area contributed by atoms with E-state index in [1.165, 1.54) is 16.4 Å². The summed E-state index contributed by atoms with van der Waals surface area (Å²) in [6.07, 6.45) is 1.79. The van der Waals surface area contributed by atoms with Crippen molar-refractivity contribution in [2.24, 2.45) is 5.16 Å². The van der Waals surface area contributed by atoms with Crippen molar-refractivity contribution in [1.82, 2.24) is 20.1 Å². The molecule has 15 nitrogen and oxygen atoms in total. The van der Waals surface area contributed by atoms with Crippen LogP contribution in [-0.4, -0.2) is 99.7 Å². The van der Waals surface area contributed by atoms with E-state index in [9.17, 15) is 41.9 Å². The Bertz CT molecular complexity index is 1550. The first-order chi connectivity index (χ1) is 20.8. The second-order valence-corrected chi connectivity index (χ2v) is 10.8. The number of halogens is 3. The van der Waals surface area contributed by atoms with Crippen LogP contribution in [-0.2, 0) is 38.3 Å². The van der Waals surface area contributed by atoms with Crippen molar-refractivity contribution in [3.63, 3.8) is 0 Å². The van der Waals surface area contributed by atoms with Gasteiger partial charge in [-0.05, 0) is 18.1 Å². The molecule has 2 atom stereocenters. The Hall–Kier alpha value is -4.90. The lowest BCUT2D eigenvalue weighted by Gasteiger charge is -2.49. The standard InChI is InChI=1S/C24H19F3N6O9S2/c1-2-4-32-5-3-11(18(32)36)6-12-9-43-20-16(19(37)33(20)17(12)21(38)42-22(39)24(25,26)27)30-13(34)7-29-40-8-15(35)41-14-10-44-23(28)31-14/h1,6-7,10,16,20H,3-5,8-9H2,(H2,28,31)(H,30,34)/b11-6+,29-7-/t16-,20-/m1/s1. The van der Waals surface area contributed by atoms with Gasteiger partial charge in [-0.1, -0.05) is 11.1 Å². The third-order valence-electron chi connectivity index (χ3n) is 5.90. The van der Waals surface area contributed by atoms with Gasteiger partial charge in [-0.25, -0.2) is 14.4 Å². The van der Waals surface area contributed by atoms with Gasteiger partial charge in [-0.15, -0.1) is 29.5 Å². The third kappa shape index (κ3) is 7.17. The van der Waals surface area contributed by atoms with Gasteiger partial charge in [0, 0.05) is 17.9 Å². The first-order valence-electron chi connectivity index (χ1n) is 12.1. The lowest BCUT2D eigenvalue weighted by atomic mass is 10.0. The van der Waals surface area contributed by atoms with Gasteiger partial charge in [0.05, 0.1) is 11.9 Å². The Balaban J connectivity index is 1.43. The van der Waals surface area contributed by atoms with E-state index in [1.807, 2.05) is 0 Å². The van der Waals surface area contributed by atoms with Crippen LogP contribution in [0.5, 0.6) is 5.88 Å². The molecule has 0 bridgehead atoms. The van der Waals surface area contributed by atoms with Crippen LogP contribution < -0.4 is 15.8 Å². The molecule has 0 aliphatic carbocycles. The summed E-state index contributed by atoms with van der Waals surface area (Å²) in [6, 6.07) is -1.27. The van der Waals surface area contributed by atoms with Gasteiger partial charge in [0.15, 0.2) is 5.13 Å². The summed E-state index contributed by atoms with van der Waals surface area (Å²) in [5.41, 5.74) is 4.87. The molecule has 2 saturated heterocycles. The van der Waals surface area contributed by atoms with Crippen LogP contribution >= 0.6 is 23.1 Å². The van der Waals surface area contributed by atoms with E-state index in [1.54, 1.807) is 0 Å². The highest BCUT2D eigenvalue weighted by molar-refractivity contribution is 8.00. The second-order valence-electron chi connectivity index (χ2n) is 8.80. The number of amides is 3. The van der Waals surface area contributed by atoms with Crippen molar-refractivity contribution in [2.45, 2.75) is 24.0 Å². The average Bonchev–Trinajstić information content (AvgIpc) is 3.53. The fraction of sp³-hybridized carbons (Fsp3) is 0.333. The number of rotatable bonds is 9. The second kappa shape index (κ2) is 13.2. The predicted molar refractivity (Wildman–Crippen MR) is 144 cm³/mol. The lowest BCUT2D eigenvalue weighted by Crippen LogP contribution is -2.70. The highest BCUT2D eigenvalue weighted by Gasteiger charge is 2.55. The molecule has 2 fully saturated rings. The van der Waals surface area contributed by atoms with Gasteiger partial charge < -0.3 is 30.3 Å². The maximum Gasteiger partial charge on any atom is 0.491 e. The number of thioether (sulfide) groups is 1. The number of nitrogens with two attached hydrogens (primary N) is 1. The maximum atomic E-state index is 13.0. The molecule has 4 rings (SSSR count). The number of alkyl halides is 3. The fourth-order valence-electron chi connectivity index (χ4n) is 4.04. The molecule has 1 aromatic heterocycles. The molecule has 44 heavy (non-hydrogen) atoms. The van der Waals surface area contributed by atoms with E-state index in [2.05, 4.69) is 31.0 Å². The number of fused-ring (bicyclic) bond motifs is 1. The zero-order chi connectivity index (χ0) is 32.2. The summed E-state index contributed by atoms with van der Waals surface area (Å²) < 4.78 is 47.2. The van der Waals surface area contributed by atoms with E-state index in [4.69, 9.17) is 16.9 Å². The molecule has 3 N–H and O–H groups in total. The van der Waals surface area contributed by atoms with Gasteiger partial charge in [-0.3, -0.25) is 19.3 Å². The predicted octanol–water partition coefficient (Wildman–Crippen LogP) is -0.289. The Morgan fingerprint density at radius 3 is 2.70 bits per heavy atom. The molecule has 1 aromatic rings. The largest absolute Gasteiger partial charge is 0.491 e. The molecular weight excluding hydrogens is 637 g/mol. The monoisotopic (exact) mass is 656 g/mol. The van der Waals surface area contributed by atoms with Gasteiger partial charge in [0.25, 0.3) is 17.7 Å². The fourth-order valence-corrected chi connectivity index (χ4v) is 5.81. The molecular formula is C24H19F3N6O9S2. The number of β-lactam (4-membered cyclic amide) rings is 1. The van der Waals surface area contributed by atoms with Crippen LogP contribution in [0.2, 0.25) is 0 Å². The number of oxime groups is 1. The molecule has 0 saturated carbocycles. The summed E-state index contributed by atoms with van der Waals surface area (Å²) in [6.45, 7) is -0.439. The van der Waals surface area contributed by atoms with Crippen LogP contribution in [0.4, 0.5) is 18.3 Å². The number of anilines is 1. The Morgan fingerprint density at radius 2 is 2.05 bits per heavy atom. The van der Waals surface area contributed by atoms with E-state index in [0.29, 0.717) is 6.21 Å². The summed E-state index contributed by atoms with van der Waals surface area (Å²) in [5, 5.41) is 6.15. The van der Waals surface area contributed by atoms with E-state index in [-0.39, 0.29) is 47.4 Å². The zero-order valence-corrected chi connectivity index (χ0v) is 23.6. The molecule has 4 heterocycles. The molecule has 0 spiro atoms. The molecule has 3 aliphatic heterocycles. The minimum atomic E-state index is -5.50. The number of esters is 3. The van der Waals surface area contributed by atoms with Crippen LogP contribution in [0.1, 0.15) is 6.42 Å². The Labute approximate surface area is 253 Å². The minimum Gasteiger partial charge on any atom is -0.404 e. The SMILES string of the molecule is C#CCN1CC/C(=C\C2=C(C(=O)OC(=O)C(F)(F)F)N3C(=O)[C@@H](NC(=O)/C=N\OCC(=O)Oc4csc(N)n4)[C@H]3SC2)C1=O. The molecule has 0 unspecified atom stereocenters. The highest BCUT2D eigenvalue weighted by atomic mass is 32.2. The normalized spacial score (nSPS) is 20.7. The Kier molecular flexibility index (Phi) is 9.59. The summed E-state index contributed by atoms with van der Waals surface area (Å²) in [5.74, 6) is -5.67. The topological polar surface area (TPSA) is 200 Å². The smallest absolute Gasteiger partial charge is 0.404 e. The van der Waals surface area contributed by atoms with Crippen molar-refractivity contribution < 1.29 is 56.2 Å². The van der Waals surface area contributed by atoms with Gasteiger partial charge >= 0.3 is 24.1 Å². The summed E-state index contributed by atoms with van der Waals surface area (Å²) in [4.78, 5) is 84.2. The number of carbonyl (C=O) groups is 6. The molecule has 20 heteroatoms. The number of nitrogens with zero attached hydrogens (tertiary/aromatic N) is 4. The first kappa shape index (κ1) is 32.0. The van der Waals surface area contributed by atoms with Gasteiger partial charge in [0.2, 0.25) is 12.5 Å². The quantitative estimate of drug-likeness (QED) is 0.0671. The van der Waals surface area contributed by atoms with Crippen molar-refractivity contribution in [1.29, 1.82) is 0 Å². The number of carbonyl (C=O) groups excluding carboxylic acids is 6. The molecule has 0 radical (unpaired) electrons. The first-order valence-corrected chi connectivity index (χ1v) is 14.0.